The maximum atomic E-state index is 12.1. The van der Waals surface area contributed by atoms with E-state index in [0.717, 1.165) is 5.69 Å². The van der Waals surface area contributed by atoms with Crippen molar-refractivity contribution in [2.75, 3.05) is 0 Å². The van der Waals surface area contributed by atoms with Crippen LogP contribution >= 0.6 is 0 Å². The minimum absolute atomic E-state index is 0.300. The van der Waals surface area contributed by atoms with Crippen LogP contribution in [-0.4, -0.2) is 40.2 Å². The van der Waals surface area contributed by atoms with E-state index in [1.54, 1.807) is 6.20 Å². The van der Waals surface area contributed by atoms with Gasteiger partial charge in [-0.3, -0.25) is 4.79 Å². The Balaban J connectivity index is 2.56. The molecule has 0 spiro atoms. The quantitative estimate of drug-likeness (QED) is 0.323. The lowest BCUT2D eigenvalue weighted by atomic mass is 10.0. The number of hydrogen-bond acceptors (Lipinski definition) is 5. The van der Waals surface area contributed by atoms with E-state index < -0.39 is 12.1 Å². The first-order chi connectivity index (χ1) is 10.4. The van der Waals surface area contributed by atoms with Crippen LogP contribution < -0.4 is 22.2 Å². The predicted molar refractivity (Wildman–Crippen MR) is 82.9 cm³/mol. The van der Waals surface area contributed by atoms with Crippen molar-refractivity contribution in [2.45, 2.75) is 38.8 Å². The van der Waals surface area contributed by atoms with Crippen molar-refractivity contribution in [1.82, 2.24) is 20.7 Å². The van der Waals surface area contributed by atoms with Gasteiger partial charge < -0.3 is 21.8 Å². The van der Waals surface area contributed by atoms with E-state index in [4.69, 9.17) is 11.5 Å². The molecule has 0 radical (unpaired) electrons. The number of aromatic nitrogens is 2. The minimum Gasteiger partial charge on any atom is -0.350 e. The Morgan fingerprint density at radius 3 is 2.77 bits per heavy atom. The second-order valence-corrected chi connectivity index (χ2v) is 5.39. The molecule has 1 aromatic rings. The molecule has 0 saturated carbocycles. The molecule has 2 atom stereocenters. The molecule has 0 aliphatic heterocycles. The summed E-state index contributed by atoms with van der Waals surface area (Å²) >= 11 is 0. The number of imidazole rings is 1. The Bertz CT molecular complexity index is 498. The highest BCUT2D eigenvalue weighted by atomic mass is 16.2. The third kappa shape index (κ3) is 6.84. The van der Waals surface area contributed by atoms with Crippen molar-refractivity contribution < 1.29 is 9.59 Å². The number of H-pyrrole nitrogens is 1. The van der Waals surface area contributed by atoms with Crippen LogP contribution in [-0.2, 0) is 11.2 Å². The highest BCUT2D eigenvalue weighted by Crippen LogP contribution is 2.04. The molecule has 1 heterocycles. The number of rotatable bonds is 8. The van der Waals surface area contributed by atoms with Gasteiger partial charge in [-0.25, -0.2) is 15.2 Å². The lowest BCUT2D eigenvalue weighted by Gasteiger charge is -2.19. The van der Waals surface area contributed by atoms with Gasteiger partial charge in [0, 0.05) is 24.5 Å². The van der Waals surface area contributed by atoms with Crippen LogP contribution in [0.4, 0.5) is 4.79 Å². The zero-order valence-corrected chi connectivity index (χ0v) is 12.7. The van der Waals surface area contributed by atoms with Crippen LogP contribution in [0.3, 0.4) is 0 Å². The first-order valence-corrected chi connectivity index (χ1v) is 7.00. The van der Waals surface area contributed by atoms with Crippen molar-refractivity contribution in [3.63, 3.8) is 0 Å². The van der Waals surface area contributed by atoms with Crippen LogP contribution in [0, 0.1) is 5.92 Å². The molecule has 0 aliphatic carbocycles. The Morgan fingerprint density at radius 1 is 1.50 bits per heavy atom. The molecule has 22 heavy (non-hydrogen) atoms. The van der Waals surface area contributed by atoms with E-state index in [0.29, 0.717) is 18.8 Å². The van der Waals surface area contributed by atoms with Crippen LogP contribution in [0.1, 0.15) is 26.0 Å². The molecule has 9 nitrogen and oxygen atoms in total. The van der Waals surface area contributed by atoms with Crippen molar-refractivity contribution in [3.8, 4) is 0 Å². The zero-order chi connectivity index (χ0) is 16.5. The number of nitrogens with one attached hydrogen (secondary N) is 3. The van der Waals surface area contributed by atoms with E-state index in [2.05, 4.69) is 25.8 Å². The van der Waals surface area contributed by atoms with Crippen LogP contribution in [0.15, 0.2) is 17.6 Å². The van der Waals surface area contributed by atoms with Gasteiger partial charge in [-0.2, -0.15) is 5.10 Å². The van der Waals surface area contributed by atoms with Crippen LogP contribution in [0.25, 0.3) is 0 Å². The number of hydrogen-bond donors (Lipinski definition) is 5. The van der Waals surface area contributed by atoms with Gasteiger partial charge in [-0.1, -0.05) is 13.8 Å². The number of urea groups is 1. The average Bonchev–Trinajstić information content (AvgIpc) is 2.90. The number of carbonyl (C=O) groups is 2. The number of aromatic amines is 1. The first-order valence-electron chi connectivity index (χ1n) is 7.00. The number of hydrazone groups is 1. The van der Waals surface area contributed by atoms with Gasteiger partial charge >= 0.3 is 6.03 Å². The maximum Gasteiger partial charge on any atom is 0.332 e. The molecule has 0 unspecified atom stereocenters. The molecule has 0 aliphatic rings. The lowest BCUT2D eigenvalue weighted by Crippen LogP contribution is -2.47. The van der Waals surface area contributed by atoms with E-state index in [1.165, 1.54) is 12.5 Å². The van der Waals surface area contributed by atoms with E-state index in [9.17, 15) is 9.59 Å². The number of nitrogens with two attached hydrogens (primary N) is 2. The fraction of sp³-hybridized carbons (Fsp3) is 0.538. The second-order valence-electron chi connectivity index (χ2n) is 5.39. The Hall–Kier alpha value is -2.42. The van der Waals surface area contributed by atoms with Gasteiger partial charge in [-0.05, 0) is 12.3 Å². The van der Waals surface area contributed by atoms with E-state index in [-0.39, 0.29) is 11.9 Å². The molecule has 1 rings (SSSR count). The summed E-state index contributed by atoms with van der Waals surface area (Å²) in [5, 5.41) is 6.49. The summed E-state index contributed by atoms with van der Waals surface area (Å²) in [6.45, 7) is 4.03. The second kappa shape index (κ2) is 8.78. The fourth-order valence-electron chi connectivity index (χ4n) is 1.87. The molecule has 0 aromatic carbocycles. The zero-order valence-electron chi connectivity index (χ0n) is 12.7. The van der Waals surface area contributed by atoms with Gasteiger partial charge in [-0.15, -0.1) is 0 Å². The van der Waals surface area contributed by atoms with Gasteiger partial charge in [0.05, 0.1) is 18.4 Å². The molecule has 3 amide bonds. The minimum atomic E-state index is -0.762. The lowest BCUT2D eigenvalue weighted by molar-refractivity contribution is -0.122. The van der Waals surface area contributed by atoms with Gasteiger partial charge in [0.1, 0.15) is 0 Å². The van der Waals surface area contributed by atoms with E-state index >= 15 is 0 Å². The Morgan fingerprint density at radius 2 is 2.23 bits per heavy atom. The Kier molecular flexibility index (Phi) is 7.03. The molecule has 122 valence electrons. The van der Waals surface area contributed by atoms with Gasteiger partial charge in [0.25, 0.3) is 0 Å². The molecule has 0 saturated heterocycles. The highest BCUT2D eigenvalue weighted by Gasteiger charge is 2.18. The molecule has 0 bridgehead atoms. The smallest absolute Gasteiger partial charge is 0.332 e. The molecular formula is C13H23N7O2. The summed E-state index contributed by atoms with van der Waals surface area (Å²) in [7, 11) is 0. The normalized spacial score (nSPS) is 14.0. The van der Waals surface area contributed by atoms with Gasteiger partial charge in [0.2, 0.25) is 5.91 Å². The predicted octanol–water partition coefficient (Wildman–Crippen LogP) is -0.535. The monoisotopic (exact) mass is 309 g/mol. The van der Waals surface area contributed by atoms with Crippen molar-refractivity contribution in [2.24, 2.45) is 22.5 Å². The third-order valence-electron chi connectivity index (χ3n) is 2.81. The largest absolute Gasteiger partial charge is 0.350 e. The van der Waals surface area contributed by atoms with E-state index in [1.807, 2.05) is 13.8 Å². The van der Waals surface area contributed by atoms with Gasteiger partial charge in [0.15, 0.2) is 0 Å². The number of amides is 3. The summed E-state index contributed by atoms with van der Waals surface area (Å²) in [6.07, 6.45) is 5.61. The molecule has 9 heteroatoms. The summed E-state index contributed by atoms with van der Waals surface area (Å²) in [5.41, 5.74) is 13.7. The summed E-state index contributed by atoms with van der Waals surface area (Å²) < 4.78 is 0. The topological polar surface area (TPSA) is 151 Å². The molecular weight excluding hydrogens is 286 g/mol. The fourth-order valence-corrected chi connectivity index (χ4v) is 1.87. The van der Waals surface area contributed by atoms with Crippen LogP contribution in [0.2, 0.25) is 0 Å². The van der Waals surface area contributed by atoms with Crippen molar-refractivity contribution in [1.29, 1.82) is 0 Å². The summed E-state index contributed by atoms with van der Waals surface area (Å²) in [5.74, 6) is 0.0277. The van der Waals surface area contributed by atoms with Crippen molar-refractivity contribution >= 4 is 18.2 Å². The SMILES string of the molecule is CC(C)C[C@@H](C=NNC(N)=O)NC(=O)[C@@H](N)Cc1cnc[nH]1. The standard InChI is InChI=1S/C13H23N7O2/c1-8(2)3-10(6-18-20-13(15)22)19-12(21)11(14)4-9-5-16-7-17-9/h5-8,10-11H,3-4,14H2,1-2H3,(H,16,17)(H,19,21)(H3,15,20,22)/t10-,11-/m0/s1. The maximum absolute atomic E-state index is 12.1. The Labute approximate surface area is 128 Å². The molecule has 7 N–H and O–H groups in total. The third-order valence-corrected chi connectivity index (χ3v) is 2.81. The molecule has 1 aromatic heterocycles. The number of primary amides is 1. The van der Waals surface area contributed by atoms with Crippen LogP contribution in [0.5, 0.6) is 0 Å². The molecule has 0 fully saturated rings. The number of nitrogens with zero attached hydrogens (tertiary/aromatic N) is 2. The number of carbonyl (C=O) groups excluding carboxylic acids is 2. The first kappa shape index (κ1) is 17.6. The summed E-state index contributed by atoms with van der Waals surface area (Å²) in [6, 6.07) is -1.80. The summed E-state index contributed by atoms with van der Waals surface area (Å²) in [4.78, 5) is 29.5. The average molecular weight is 309 g/mol. The highest BCUT2D eigenvalue weighted by molar-refractivity contribution is 5.85. The van der Waals surface area contributed by atoms with Crippen molar-refractivity contribution in [3.05, 3.63) is 18.2 Å².